The summed E-state index contributed by atoms with van der Waals surface area (Å²) in [7, 11) is 0. The van der Waals surface area contributed by atoms with Gasteiger partial charge in [0, 0.05) is 12.1 Å². The maximum atomic E-state index is 8.46. The minimum Gasteiger partial charge on any atom is -0.394 e. The van der Waals surface area contributed by atoms with Crippen molar-refractivity contribution >= 4 is 22.4 Å². The van der Waals surface area contributed by atoms with E-state index in [0.717, 1.165) is 10.6 Å². The van der Waals surface area contributed by atoms with Gasteiger partial charge in [0.2, 0.25) is 0 Å². The van der Waals surface area contributed by atoms with Crippen LogP contribution in [0.3, 0.4) is 0 Å². The van der Waals surface area contributed by atoms with Gasteiger partial charge in [0.1, 0.15) is 10.8 Å². The van der Waals surface area contributed by atoms with Gasteiger partial charge in [-0.05, 0) is 18.5 Å². The molecule has 0 aromatic carbocycles. The first-order chi connectivity index (χ1) is 6.75. The number of hydrogen-bond donors (Lipinski definition) is 3. The third-order valence-electron chi connectivity index (χ3n) is 1.73. The van der Waals surface area contributed by atoms with E-state index in [1.54, 1.807) is 0 Å². The van der Waals surface area contributed by atoms with Crippen molar-refractivity contribution in [2.75, 3.05) is 37.4 Å². The number of ether oxygens (including phenoxy) is 1. The molecular weight excluding hydrogens is 202 g/mol. The van der Waals surface area contributed by atoms with Crippen LogP contribution in [-0.4, -0.2) is 35.8 Å². The topological polar surface area (TPSA) is 80.4 Å². The molecule has 80 valence electrons. The van der Waals surface area contributed by atoms with Crippen LogP contribution in [0.15, 0.2) is 0 Å². The van der Waals surface area contributed by atoms with Crippen molar-refractivity contribution in [3.63, 3.8) is 0 Å². The standard InChI is InChI=1S/C8H15N3O2S/c1-6-7(9)11-14-8(6)10-2-4-13-5-3-12/h10,12H,2-5H2,1H3,(H2,9,11). The molecule has 1 aromatic heterocycles. The van der Waals surface area contributed by atoms with E-state index in [1.807, 2.05) is 6.92 Å². The Labute approximate surface area is 87.1 Å². The molecule has 0 aliphatic rings. The summed E-state index contributed by atoms with van der Waals surface area (Å²) in [6, 6.07) is 0. The smallest absolute Gasteiger partial charge is 0.142 e. The fourth-order valence-corrected chi connectivity index (χ4v) is 1.65. The Kier molecular flexibility index (Phi) is 4.64. The summed E-state index contributed by atoms with van der Waals surface area (Å²) in [5.74, 6) is 0.578. The van der Waals surface area contributed by atoms with E-state index in [0.29, 0.717) is 25.6 Å². The van der Waals surface area contributed by atoms with E-state index in [-0.39, 0.29) is 6.61 Å². The van der Waals surface area contributed by atoms with E-state index in [4.69, 9.17) is 15.6 Å². The fourth-order valence-electron chi connectivity index (χ4n) is 0.916. The Balaban J connectivity index is 2.21. The van der Waals surface area contributed by atoms with Crippen LogP contribution < -0.4 is 11.1 Å². The number of nitrogens with zero attached hydrogens (tertiary/aromatic N) is 1. The maximum absolute atomic E-state index is 8.46. The second kappa shape index (κ2) is 5.79. The summed E-state index contributed by atoms with van der Waals surface area (Å²) in [5, 5.41) is 12.6. The zero-order chi connectivity index (χ0) is 10.4. The summed E-state index contributed by atoms with van der Waals surface area (Å²) < 4.78 is 9.10. The van der Waals surface area contributed by atoms with Gasteiger partial charge in [-0.15, -0.1) is 0 Å². The molecule has 0 spiro atoms. The Morgan fingerprint density at radius 1 is 1.57 bits per heavy atom. The highest BCUT2D eigenvalue weighted by atomic mass is 32.1. The number of nitrogens with two attached hydrogens (primary N) is 1. The van der Waals surface area contributed by atoms with Crippen LogP contribution in [0.2, 0.25) is 0 Å². The van der Waals surface area contributed by atoms with Crippen LogP contribution in [0.5, 0.6) is 0 Å². The SMILES string of the molecule is Cc1c(N)nsc1NCCOCCO. The molecule has 0 atom stereocenters. The first-order valence-corrected chi connectivity index (χ1v) is 5.17. The molecule has 4 N–H and O–H groups in total. The number of aromatic nitrogens is 1. The van der Waals surface area contributed by atoms with E-state index in [9.17, 15) is 0 Å². The number of aliphatic hydroxyl groups excluding tert-OH is 1. The van der Waals surface area contributed by atoms with Crippen molar-refractivity contribution in [3.8, 4) is 0 Å². The monoisotopic (exact) mass is 217 g/mol. The van der Waals surface area contributed by atoms with Crippen molar-refractivity contribution in [3.05, 3.63) is 5.56 Å². The van der Waals surface area contributed by atoms with Crippen LogP contribution in [-0.2, 0) is 4.74 Å². The highest BCUT2D eigenvalue weighted by Crippen LogP contribution is 2.24. The van der Waals surface area contributed by atoms with Crippen molar-refractivity contribution < 1.29 is 9.84 Å². The van der Waals surface area contributed by atoms with Gasteiger partial charge in [-0.25, -0.2) is 0 Å². The fraction of sp³-hybridized carbons (Fsp3) is 0.625. The molecule has 1 rings (SSSR count). The Hall–Kier alpha value is -0.850. The molecule has 0 saturated heterocycles. The van der Waals surface area contributed by atoms with Crippen LogP contribution in [0, 0.1) is 6.92 Å². The molecule has 0 fully saturated rings. The molecule has 0 bridgehead atoms. The number of rotatable bonds is 6. The predicted molar refractivity (Wildman–Crippen MR) is 57.7 cm³/mol. The van der Waals surface area contributed by atoms with E-state index in [2.05, 4.69) is 9.69 Å². The van der Waals surface area contributed by atoms with Crippen molar-refractivity contribution in [2.45, 2.75) is 6.92 Å². The van der Waals surface area contributed by atoms with Crippen LogP contribution in [0.25, 0.3) is 0 Å². The molecule has 0 amide bonds. The molecule has 0 saturated carbocycles. The number of nitrogen functional groups attached to an aromatic ring is 1. The summed E-state index contributed by atoms with van der Waals surface area (Å²) in [6.45, 7) is 3.63. The van der Waals surface area contributed by atoms with Gasteiger partial charge in [-0.2, -0.15) is 4.37 Å². The number of aliphatic hydroxyl groups is 1. The second-order valence-electron chi connectivity index (χ2n) is 2.78. The molecule has 14 heavy (non-hydrogen) atoms. The van der Waals surface area contributed by atoms with Gasteiger partial charge in [-0.1, -0.05) is 0 Å². The van der Waals surface area contributed by atoms with E-state index in [1.165, 1.54) is 11.5 Å². The number of anilines is 2. The van der Waals surface area contributed by atoms with Crippen LogP contribution >= 0.6 is 11.5 Å². The van der Waals surface area contributed by atoms with Crippen molar-refractivity contribution in [1.29, 1.82) is 0 Å². The number of hydrogen-bond acceptors (Lipinski definition) is 6. The minimum atomic E-state index is 0.0620. The van der Waals surface area contributed by atoms with Gasteiger partial charge >= 0.3 is 0 Å². The summed E-state index contributed by atoms with van der Waals surface area (Å²) in [4.78, 5) is 0. The van der Waals surface area contributed by atoms with Gasteiger partial charge in [0.15, 0.2) is 0 Å². The molecular formula is C8H15N3O2S. The lowest BCUT2D eigenvalue weighted by molar-refractivity contribution is 0.0992. The number of nitrogens with one attached hydrogen (secondary N) is 1. The van der Waals surface area contributed by atoms with Gasteiger partial charge in [0.25, 0.3) is 0 Å². The van der Waals surface area contributed by atoms with E-state index < -0.39 is 0 Å². The molecule has 0 radical (unpaired) electrons. The molecule has 0 aliphatic carbocycles. The Morgan fingerprint density at radius 2 is 2.36 bits per heavy atom. The van der Waals surface area contributed by atoms with Gasteiger partial charge < -0.3 is 20.9 Å². The average molecular weight is 217 g/mol. The lowest BCUT2D eigenvalue weighted by atomic mass is 10.3. The molecule has 0 unspecified atom stereocenters. The van der Waals surface area contributed by atoms with Crippen LogP contribution in [0.1, 0.15) is 5.56 Å². The first kappa shape index (κ1) is 11.2. The molecule has 1 heterocycles. The van der Waals surface area contributed by atoms with Crippen molar-refractivity contribution in [2.24, 2.45) is 0 Å². The lowest BCUT2D eigenvalue weighted by Crippen LogP contribution is -2.11. The quantitative estimate of drug-likeness (QED) is 0.603. The zero-order valence-corrected chi connectivity index (χ0v) is 8.93. The highest BCUT2D eigenvalue weighted by molar-refractivity contribution is 7.10. The molecule has 5 nitrogen and oxygen atoms in total. The summed E-state index contributed by atoms with van der Waals surface area (Å²) in [5.41, 5.74) is 6.57. The lowest BCUT2D eigenvalue weighted by Gasteiger charge is -2.04. The second-order valence-corrected chi connectivity index (χ2v) is 3.56. The van der Waals surface area contributed by atoms with Crippen LogP contribution in [0.4, 0.5) is 10.8 Å². The Bertz CT molecular complexity index is 278. The Morgan fingerprint density at radius 3 is 2.93 bits per heavy atom. The first-order valence-electron chi connectivity index (χ1n) is 4.40. The van der Waals surface area contributed by atoms with Gasteiger partial charge in [0.05, 0.1) is 19.8 Å². The summed E-state index contributed by atoms with van der Waals surface area (Å²) >= 11 is 1.35. The minimum absolute atomic E-state index is 0.0620. The normalized spacial score (nSPS) is 10.4. The van der Waals surface area contributed by atoms with Gasteiger partial charge in [-0.3, -0.25) is 0 Å². The highest BCUT2D eigenvalue weighted by Gasteiger charge is 2.04. The molecule has 1 aromatic rings. The third-order valence-corrected chi connectivity index (χ3v) is 2.65. The third kappa shape index (κ3) is 3.13. The molecule has 6 heteroatoms. The zero-order valence-electron chi connectivity index (χ0n) is 8.12. The van der Waals surface area contributed by atoms with E-state index >= 15 is 0 Å². The predicted octanol–water partition coefficient (Wildman–Crippen LogP) is 0.455. The van der Waals surface area contributed by atoms with Crippen molar-refractivity contribution in [1.82, 2.24) is 4.37 Å². The maximum Gasteiger partial charge on any atom is 0.142 e. The summed E-state index contributed by atoms with van der Waals surface area (Å²) in [6.07, 6.45) is 0. The largest absolute Gasteiger partial charge is 0.394 e. The molecule has 0 aliphatic heterocycles. The average Bonchev–Trinajstić information content (AvgIpc) is 2.49.